The summed E-state index contributed by atoms with van der Waals surface area (Å²) in [5, 5.41) is 19.3. The highest BCUT2D eigenvalue weighted by Crippen LogP contribution is 2.29. The number of carboxylic acid groups (broad SMARTS) is 1. The monoisotopic (exact) mass is 236 g/mol. The van der Waals surface area contributed by atoms with Crippen LogP contribution in [0, 0.1) is 25.7 Å². The van der Waals surface area contributed by atoms with E-state index in [1.165, 1.54) is 0 Å². The zero-order valence-corrected chi connectivity index (χ0v) is 10.8. The summed E-state index contributed by atoms with van der Waals surface area (Å²) in [6.45, 7) is 7.56. The van der Waals surface area contributed by atoms with Crippen molar-refractivity contribution in [1.29, 1.82) is 0 Å². The molecule has 0 fully saturated rings. The van der Waals surface area contributed by atoms with E-state index >= 15 is 0 Å². The van der Waals surface area contributed by atoms with Crippen molar-refractivity contribution in [3.05, 3.63) is 34.9 Å². The highest BCUT2D eigenvalue weighted by molar-refractivity contribution is 5.71. The van der Waals surface area contributed by atoms with Gasteiger partial charge in [-0.15, -0.1) is 0 Å². The van der Waals surface area contributed by atoms with Gasteiger partial charge in [0.1, 0.15) is 0 Å². The van der Waals surface area contributed by atoms with Gasteiger partial charge in [0.2, 0.25) is 0 Å². The van der Waals surface area contributed by atoms with Crippen molar-refractivity contribution in [3.8, 4) is 0 Å². The average Bonchev–Trinajstić information content (AvgIpc) is 2.20. The zero-order chi connectivity index (χ0) is 13.2. The summed E-state index contributed by atoms with van der Waals surface area (Å²) >= 11 is 0. The molecule has 1 aromatic rings. The molecule has 2 N–H and O–H groups in total. The van der Waals surface area contributed by atoms with E-state index < -0.39 is 18.0 Å². The first-order valence-corrected chi connectivity index (χ1v) is 5.82. The highest BCUT2D eigenvalue weighted by Gasteiger charge is 2.30. The van der Waals surface area contributed by atoms with Crippen LogP contribution in [0.2, 0.25) is 0 Å². The first-order valence-electron chi connectivity index (χ1n) is 5.82. The lowest BCUT2D eigenvalue weighted by Gasteiger charge is -2.23. The van der Waals surface area contributed by atoms with Gasteiger partial charge in [-0.05, 0) is 36.5 Å². The number of hydrogen-bond acceptors (Lipinski definition) is 2. The lowest BCUT2D eigenvalue weighted by molar-refractivity contribution is -0.148. The third-order valence-electron chi connectivity index (χ3n) is 3.22. The van der Waals surface area contributed by atoms with E-state index in [-0.39, 0.29) is 5.92 Å². The van der Waals surface area contributed by atoms with Crippen molar-refractivity contribution in [2.45, 2.75) is 33.8 Å². The number of aryl methyl sites for hydroxylation is 2. The SMILES string of the molecule is Cc1ccc(C(O)C(C(=O)O)C(C)C)cc1C. The van der Waals surface area contributed by atoms with Gasteiger partial charge >= 0.3 is 5.97 Å². The Morgan fingerprint density at radius 3 is 2.18 bits per heavy atom. The van der Waals surface area contributed by atoms with Crippen LogP contribution < -0.4 is 0 Å². The van der Waals surface area contributed by atoms with Crippen molar-refractivity contribution >= 4 is 5.97 Å². The van der Waals surface area contributed by atoms with Crippen molar-refractivity contribution in [2.75, 3.05) is 0 Å². The van der Waals surface area contributed by atoms with Crippen molar-refractivity contribution in [3.63, 3.8) is 0 Å². The molecule has 0 aliphatic heterocycles. The second-order valence-electron chi connectivity index (χ2n) is 4.90. The summed E-state index contributed by atoms with van der Waals surface area (Å²) in [5.41, 5.74) is 2.88. The van der Waals surface area contributed by atoms with Crippen LogP contribution in [0.15, 0.2) is 18.2 Å². The van der Waals surface area contributed by atoms with E-state index in [4.69, 9.17) is 5.11 Å². The summed E-state index contributed by atoms with van der Waals surface area (Å²) < 4.78 is 0. The number of aliphatic carboxylic acids is 1. The highest BCUT2D eigenvalue weighted by atomic mass is 16.4. The predicted molar refractivity (Wildman–Crippen MR) is 66.8 cm³/mol. The van der Waals surface area contributed by atoms with Gasteiger partial charge in [0.25, 0.3) is 0 Å². The van der Waals surface area contributed by atoms with Gasteiger partial charge in [-0.3, -0.25) is 4.79 Å². The normalized spacial score (nSPS) is 14.7. The summed E-state index contributed by atoms with van der Waals surface area (Å²) in [7, 11) is 0. The lowest BCUT2D eigenvalue weighted by Crippen LogP contribution is -2.27. The summed E-state index contributed by atoms with van der Waals surface area (Å²) in [5.74, 6) is -1.83. The number of hydrogen-bond donors (Lipinski definition) is 2. The zero-order valence-electron chi connectivity index (χ0n) is 10.8. The first kappa shape index (κ1) is 13.7. The third-order valence-corrected chi connectivity index (χ3v) is 3.22. The molecule has 0 aliphatic rings. The molecular formula is C14H20O3. The molecule has 0 aliphatic carbocycles. The molecule has 0 amide bonds. The second kappa shape index (κ2) is 5.32. The predicted octanol–water partition coefficient (Wildman–Crippen LogP) is 2.69. The Morgan fingerprint density at radius 2 is 1.76 bits per heavy atom. The maximum absolute atomic E-state index is 11.1. The average molecular weight is 236 g/mol. The Kier molecular flexibility index (Phi) is 4.29. The van der Waals surface area contributed by atoms with Crippen LogP contribution in [0.3, 0.4) is 0 Å². The van der Waals surface area contributed by atoms with E-state index in [0.717, 1.165) is 11.1 Å². The number of carbonyl (C=O) groups is 1. The van der Waals surface area contributed by atoms with E-state index in [1.807, 2.05) is 39.8 Å². The molecular weight excluding hydrogens is 216 g/mol. The molecule has 94 valence electrons. The van der Waals surface area contributed by atoms with Crippen molar-refractivity contribution in [1.82, 2.24) is 0 Å². The molecule has 2 atom stereocenters. The number of aliphatic hydroxyl groups is 1. The molecule has 0 heterocycles. The van der Waals surface area contributed by atoms with Crippen molar-refractivity contribution in [2.24, 2.45) is 11.8 Å². The molecule has 1 rings (SSSR count). The number of carboxylic acids is 1. The maximum Gasteiger partial charge on any atom is 0.309 e. The minimum atomic E-state index is -0.953. The minimum Gasteiger partial charge on any atom is -0.481 e. The molecule has 0 saturated carbocycles. The Balaban J connectivity index is 3.05. The molecule has 17 heavy (non-hydrogen) atoms. The van der Waals surface area contributed by atoms with Crippen LogP contribution in [0.1, 0.15) is 36.6 Å². The fraction of sp³-hybridized carbons (Fsp3) is 0.500. The van der Waals surface area contributed by atoms with Gasteiger partial charge in [-0.1, -0.05) is 32.0 Å². The molecule has 0 saturated heterocycles. The summed E-state index contributed by atoms with van der Waals surface area (Å²) in [6, 6.07) is 5.57. The first-order chi connectivity index (χ1) is 7.84. The largest absolute Gasteiger partial charge is 0.481 e. The molecule has 0 bridgehead atoms. The van der Waals surface area contributed by atoms with Crippen LogP contribution in [0.5, 0.6) is 0 Å². The fourth-order valence-corrected chi connectivity index (χ4v) is 1.94. The topological polar surface area (TPSA) is 57.5 Å². The fourth-order valence-electron chi connectivity index (χ4n) is 1.94. The van der Waals surface area contributed by atoms with E-state index in [0.29, 0.717) is 5.56 Å². The maximum atomic E-state index is 11.1. The molecule has 1 aromatic carbocycles. The van der Waals surface area contributed by atoms with Crippen LogP contribution in [-0.4, -0.2) is 16.2 Å². The van der Waals surface area contributed by atoms with E-state index in [2.05, 4.69) is 0 Å². The Hall–Kier alpha value is -1.35. The number of rotatable bonds is 4. The van der Waals surface area contributed by atoms with Gasteiger partial charge in [0.05, 0.1) is 12.0 Å². The van der Waals surface area contributed by atoms with Gasteiger partial charge in [-0.25, -0.2) is 0 Å². The molecule has 2 unspecified atom stereocenters. The molecule has 3 heteroatoms. The molecule has 0 radical (unpaired) electrons. The van der Waals surface area contributed by atoms with E-state index in [9.17, 15) is 9.90 Å². The van der Waals surface area contributed by atoms with Gasteiger partial charge < -0.3 is 10.2 Å². The standard InChI is InChI=1S/C14H20O3/c1-8(2)12(14(16)17)13(15)11-6-5-9(3)10(4)7-11/h5-8,12-13,15H,1-4H3,(H,16,17). The second-order valence-corrected chi connectivity index (χ2v) is 4.90. The quantitative estimate of drug-likeness (QED) is 0.845. The van der Waals surface area contributed by atoms with Crippen LogP contribution in [-0.2, 0) is 4.79 Å². The van der Waals surface area contributed by atoms with Crippen LogP contribution >= 0.6 is 0 Å². The Bertz CT molecular complexity index is 410. The Morgan fingerprint density at radius 1 is 1.18 bits per heavy atom. The van der Waals surface area contributed by atoms with Gasteiger partial charge in [0.15, 0.2) is 0 Å². The van der Waals surface area contributed by atoms with Crippen LogP contribution in [0.25, 0.3) is 0 Å². The lowest BCUT2D eigenvalue weighted by atomic mass is 9.86. The Labute approximate surface area is 102 Å². The van der Waals surface area contributed by atoms with Crippen molar-refractivity contribution < 1.29 is 15.0 Å². The summed E-state index contributed by atoms with van der Waals surface area (Å²) in [6.07, 6.45) is -0.952. The molecule has 0 aromatic heterocycles. The smallest absolute Gasteiger partial charge is 0.309 e. The van der Waals surface area contributed by atoms with E-state index in [1.54, 1.807) is 6.07 Å². The van der Waals surface area contributed by atoms with Gasteiger partial charge in [0, 0.05) is 0 Å². The van der Waals surface area contributed by atoms with Gasteiger partial charge in [-0.2, -0.15) is 0 Å². The molecule has 3 nitrogen and oxygen atoms in total. The molecule has 0 spiro atoms. The minimum absolute atomic E-state index is 0.107. The summed E-state index contributed by atoms with van der Waals surface area (Å²) in [4.78, 5) is 11.1. The third kappa shape index (κ3) is 3.07. The number of benzene rings is 1. The van der Waals surface area contributed by atoms with Crippen LogP contribution in [0.4, 0.5) is 0 Å². The number of aliphatic hydroxyl groups excluding tert-OH is 1.